The molecule has 3 amide bonds. The first-order valence-corrected chi connectivity index (χ1v) is 10.8. The van der Waals surface area contributed by atoms with Crippen LogP contribution >= 0.6 is 0 Å². The molecule has 0 spiro atoms. The molecule has 180 valence electrons. The number of carboxylic acids is 1. The van der Waals surface area contributed by atoms with E-state index in [2.05, 4.69) is 10.6 Å². The summed E-state index contributed by atoms with van der Waals surface area (Å²) in [6.07, 6.45) is -1.75. The van der Waals surface area contributed by atoms with Crippen molar-refractivity contribution in [2.24, 2.45) is 5.73 Å². The molecule has 3 rings (SSSR count). The molecule has 0 saturated carbocycles. The van der Waals surface area contributed by atoms with Crippen molar-refractivity contribution in [2.75, 3.05) is 0 Å². The highest BCUT2D eigenvalue weighted by molar-refractivity contribution is 5.95. The van der Waals surface area contributed by atoms with Gasteiger partial charge in [-0.3, -0.25) is 14.4 Å². The van der Waals surface area contributed by atoms with Crippen LogP contribution in [0.15, 0.2) is 84.9 Å². The summed E-state index contributed by atoms with van der Waals surface area (Å²) in [5.74, 6) is -3.32. The molecule has 0 unspecified atom stereocenters. The largest absolute Gasteiger partial charge is 0.478 e. The summed E-state index contributed by atoms with van der Waals surface area (Å²) in [5.41, 5.74) is 6.92. The zero-order chi connectivity index (χ0) is 25.4. The van der Waals surface area contributed by atoms with E-state index in [9.17, 15) is 24.3 Å². The van der Waals surface area contributed by atoms with Crippen molar-refractivity contribution in [1.82, 2.24) is 10.6 Å². The van der Waals surface area contributed by atoms with Crippen LogP contribution < -0.4 is 16.4 Å². The van der Waals surface area contributed by atoms with Gasteiger partial charge in [0, 0.05) is 12.0 Å². The van der Waals surface area contributed by atoms with Crippen LogP contribution in [0.5, 0.6) is 0 Å². The number of aromatic carboxylic acids is 1. The third-order valence-electron chi connectivity index (χ3n) is 5.37. The van der Waals surface area contributed by atoms with E-state index >= 15 is 0 Å². The number of primary amides is 1. The number of hydrogen-bond donors (Lipinski definition) is 5. The maximum absolute atomic E-state index is 12.9. The van der Waals surface area contributed by atoms with Crippen LogP contribution in [0.2, 0.25) is 0 Å². The molecule has 9 heteroatoms. The molecule has 3 aromatic carbocycles. The van der Waals surface area contributed by atoms with Gasteiger partial charge < -0.3 is 26.6 Å². The van der Waals surface area contributed by atoms with E-state index in [-0.39, 0.29) is 12.0 Å². The lowest BCUT2D eigenvalue weighted by Gasteiger charge is -2.26. The number of rotatable bonds is 10. The number of benzene rings is 3. The quantitative estimate of drug-likeness (QED) is 0.298. The first kappa shape index (κ1) is 25.1. The van der Waals surface area contributed by atoms with E-state index in [0.29, 0.717) is 16.7 Å². The van der Waals surface area contributed by atoms with Crippen molar-refractivity contribution in [2.45, 2.75) is 24.6 Å². The number of aliphatic hydroxyl groups is 1. The number of carbonyl (C=O) groups excluding carboxylic acids is 3. The number of nitrogens with one attached hydrogen (secondary N) is 2. The molecule has 3 atom stereocenters. The predicted molar refractivity (Wildman–Crippen MR) is 127 cm³/mol. The van der Waals surface area contributed by atoms with Crippen LogP contribution in [0, 0.1) is 0 Å². The molecule has 0 aliphatic carbocycles. The van der Waals surface area contributed by atoms with Crippen molar-refractivity contribution in [3.63, 3.8) is 0 Å². The molecule has 9 nitrogen and oxygen atoms in total. The van der Waals surface area contributed by atoms with Crippen LogP contribution in [0.1, 0.15) is 37.9 Å². The number of carbonyl (C=O) groups is 4. The Hall–Kier alpha value is -4.50. The second-order valence-electron chi connectivity index (χ2n) is 7.84. The molecule has 0 heterocycles. The van der Waals surface area contributed by atoms with E-state index < -0.39 is 41.9 Å². The van der Waals surface area contributed by atoms with Crippen molar-refractivity contribution in [3.8, 4) is 0 Å². The minimum absolute atomic E-state index is 0.0138. The van der Waals surface area contributed by atoms with E-state index in [4.69, 9.17) is 10.8 Å². The van der Waals surface area contributed by atoms with Crippen molar-refractivity contribution >= 4 is 23.7 Å². The smallest absolute Gasteiger partial charge is 0.335 e. The average molecular weight is 476 g/mol. The standard InChI is InChI=1S/C26H25N3O6/c27-23(31)20(15-16-11-13-19(14-12-16)26(34)35)28-25(33)22(30)21(17-7-3-1-4-8-17)29-24(32)18-9-5-2-6-10-18/h1-14,20-22,30H,15H2,(H2,27,31)(H,28,33)(H,29,32)(H,34,35)/t20-,21-,22+/m0/s1. The third-order valence-corrected chi connectivity index (χ3v) is 5.37. The summed E-state index contributed by atoms with van der Waals surface area (Å²) < 4.78 is 0. The number of amides is 3. The molecule has 0 saturated heterocycles. The molecule has 3 aromatic rings. The maximum atomic E-state index is 12.9. The van der Waals surface area contributed by atoms with Gasteiger partial charge in [0.1, 0.15) is 6.04 Å². The molecular formula is C26H25N3O6. The van der Waals surface area contributed by atoms with Gasteiger partial charge in [-0.2, -0.15) is 0 Å². The van der Waals surface area contributed by atoms with Crippen molar-refractivity contribution in [1.29, 1.82) is 0 Å². The molecule has 0 aromatic heterocycles. The first-order chi connectivity index (χ1) is 16.8. The summed E-state index contributed by atoms with van der Waals surface area (Å²) in [6.45, 7) is 0. The van der Waals surface area contributed by atoms with Crippen LogP contribution in [0.4, 0.5) is 0 Å². The van der Waals surface area contributed by atoms with Crippen molar-refractivity contribution in [3.05, 3.63) is 107 Å². The number of carboxylic acid groups (broad SMARTS) is 1. The molecule has 0 bridgehead atoms. The van der Waals surface area contributed by atoms with E-state index in [0.717, 1.165) is 0 Å². The fourth-order valence-corrected chi connectivity index (χ4v) is 3.47. The molecule has 0 aliphatic rings. The lowest BCUT2D eigenvalue weighted by molar-refractivity contribution is -0.134. The van der Waals surface area contributed by atoms with Crippen LogP contribution in [-0.4, -0.2) is 46.0 Å². The average Bonchev–Trinajstić information content (AvgIpc) is 2.87. The molecule has 0 radical (unpaired) electrons. The fourth-order valence-electron chi connectivity index (χ4n) is 3.47. The summed E-state index contributed by atoms with van der Waals surface area (Å²) >= 11 is 0. The Bertz CT molecular complexity index is 1180. The monoisotopic (exact) mass is 475 g/mol. The third kappa shape index (κ3) is 6.75. The van der Waals surface area contributed by atoms with Crippen LogP contribution in [0.25, 0.3) is 0 Å². The lowest BCUT2D eigenvalue weighted by atomic mass is 9.99. The van der Waals surface area contributed by atoms with Crippen LogP contribution in [0.3, 0.4) is 0 Å². The Morgan fingerprint density at radius 3 is 1.89 bits per heavy atom. The molecule has 0 fully saturated rings. The van der Waals surface area contributed by atoms with Gasteiger partial charge in [0.2, 0.25) is 5.91 Å². The topological polar surface area (TPSA) is 159 Å². The van der Waals surface area contributed by atoms with Gasteiger partial charge in [0.05, 0.1) is 11.6 Å². The second-order valence-corrected chi connectivity index (χ2v) is 7.84. The van der Waals surface area contributed by atoms with Gasteiger partial charge in [-0.15, -0.1) is 0 Å². The zero-order valence-electron chi connectivity index (χ0n) is 18.6. The number of aliphatic hydroxyl groups excluding tert-OH is 1. The van der Waals surface area contributed by atoms with E-state index in [1.54, 1.807) is 60.7 Å². The maximum Gasteiger partial charge on any atom is 0.335 e. The normalized spacial score (nSPS) is 13.2. The molecule has 0 aliphatic heterocycles. The van der Waals surface area contributed by atoms with Gasteiger partial charge in [0.15, 0.2) is 6.10 Å². The number of hydrogen-bond acceptors (Lipinski definition) is 5. The SMILES string of the molecule is NC(=O)[C@H](Cc1ccc(C(=O)O)cc1)NC(=O)[C@H](O)[C@@H](NC(=O)c1ccccc1)c1ccccc1. The highest BCUT2D eigenvalue weighted by Crippen LogP contribution is 2.19. The lowest BCUT2D eigenvalue weighted by Crippen LogP contribution is -2.52. The van der Waals surface area contributed by atoms with Gasteiger partial charge in [0.25, 0.3) is 11.8 Å². The van der Waals surface area contributed by atoms with Crippen LogP contribution in [-0.2, 0) is 16.0 Å². The summed E-state index contributed by atoms with van der Waals surface area (Å²) in [4.78, 5) is 48.7. The van der Waals surface area contributed by atoms with E-state index in [1.165, 1.54) is 24.3 Å². The van der Waals surface area contributed by atoms with Gasteiger partial charge >= 0.3 is 5.97 Å². The second kappa shape index (κ2) is 11.6. The summed E-state index contributed by atoms with van der Waals surface area (Å²) in [6, 6.07) is 20.3. The Morgan fingerprint density at radius 1 is 0.771 bits per heavy atom. The molecular weight excluding hydrogens is 450 g/mol. The number of nitrogens with two attached hydrogens (primary N) is 1. The Labute approximate surface area is 201 Å². The van der Waals surface area contributed by atoms with Crippen molar-refractivity contribution < 1.29 is 29.4 Å². The highest BCUT2D eigenvalue weighted by Gasteiger charge is 2.31. The minimum Gasteiger partial charge on any atom is -0.478 e. The Balaban J connectivity index is 1.77. The molecule has 6 N–H and O–H groups in total. The van der Waals surface area contributed by atoms with E-state index in [1.807, 2.05) is 0 Å². The minimum atomic E-state index is -1.73. The van der Waals surface area contributed by atoms with Gasteiger partial charge in [-0.05, 0) is 35.4 Å². The zero-order valence-corrected chi connectivity index (χ0v) is 18.6. The highest BCUT2D eigenvalue weighted by atomic mass is 16.4. The summed E-state index contributed by atoms with van der Waals surface area (Å²) in [7, 11) is 0. The Kier molecular flexibility index (Phi) is 8.31. The van der Waals surface area contributed by atoms with Gasteiger partial charge in [-0.1, -0.05) is 60.7 Å². The molecule has 35 heavy (non-hydrogen) atoms. The summed E-state index contributed by atoms with van der Waals surface area (Å²) in [5, 5.41) is 25.0. The van der Waals surface area contributed by atoms with Gasteiger partial charge in [-0.25, -0.2) is 4.79 Å². The fraction of sp³-hybridized carbons (Fsp3) is 0.154. The Morgan fingerprint density at radius 2 is 1.34 bits per heavy atom. The predicted octanol–water partition coefficient (Wildman–Crippen LogP) is 1.43. The first-order valence-electron chi connectivity index (χ1n) is 10.8.